The molecular weight excluding hydrogens is 386 g/mol. The van der Waals surface area contributed by atoms with Gasteiger partial charge in [-0.05, 0) is 48.0 Å². The molecule has 31 heavy (non-hydrogen) atoms. The zero-order valence-corrected chi connectivity index (χ0v) is 18.3. The van der Waals surface area contributed by atoms with Crippen LogP contribution in [0.15, 0.2) is 48.5 Å². The van der Waals surface area contributed by atoms with Crippen LogP contribution in [0.4, 0.5) is 5.82 Å². The highest BCUT2D eigenvalue weighted by Crippen LogP contribution is 2.43. The van der Waals surface area contributed by atoms with Gasteiger partial charge in [0.15, 0.2) is 0 Å². The van der Waals surface area contributed by atoms with E-state index in [0.717, 1.165) is 62.8 Å². The molecule has 162 valence electrons. The molecule has 5 rings (SSSR count). The Bertz CT molecular complexity index is 1060. The van der Waals surface area contributed by atoms with Gasteiger partial charge in [-0.2, -0.15) is 0 Å². The Morgan fingerprint density at radius 2 is 1.90 bits per heavy atom. The molecule has 0 amide bonds. The molecule has 1 saturated heterocycles. The summed E-state index contributed by atoms with van der Waals surface area (Å²) in [5.41, 5.74) is 3.75. The van der Waals surface area contributed by atoms with E-state index >= 15 is 0 Å². The number of benzene rings is 2. The largest absolute Gasteiger partial charge is 0.491 e. The van der Waals surface area contributed by atoms with Gasteiger partial charge in [-0.15, -0.1) is 0 Å². The number of rotatable bonds is 6. The van der Waals surface area contributed by atoms with Crippen molar-refractivity contribution in [3.05, 3.63) is 65.4 Å². The van der Waals surface area contributed by atoms with Gasteiger partial charge >= 0.3 is 0 Å². The maximum atomic E-state index is 9.15. The van der Waals surface area contributed by atoms with Crippen LogP contribution >= 0.6 is 0 Å². The number of nitrogens with zero attached hydrogens (tertiary/aromatic N) is 3. The maximum Gasteiger partial charge on any atom is 0.136 e. The molecule has 2 heterocycles. The van der Waals surface area contributed by atoms with Crippen LogP contribution in [-0.4, -0.2) is 60.9 Å². The lowest BCUT2D eigenvalue weighted by molar-refractivity contribution is 0.200. The number of hydrogen-bond donors (Lipinski definition) is 1. The maximum absolute atomic E-state index is 9.15. The fourth-order valence-electron chi connectivity index (χ4n) is 5.11. The first-order valence-electron chi connectivity index (χ1n) is 11.5. The quantitative estimate of drug-likeness (QED) is 0.661. The Kier molecular flexibility index (Phi) is 5.79. The fourth-order valence-corrected chi connectivity index (χ4v) is 5.11. The summed E-state index contributed by atoms with van der Waals surface area (Å²) in [6.07, 6.45) is 2.03. The molecule has 1 unspecified atom stereocenters. The monoisotopic (exact) mass is 417 g/mol. The lowest BCUT2D eigenvalue weighted by Crippen LogP contribution is -2.46. The smallest absolute Gasteiger partial charge is 0.136 e. The summed E-state index contributed by atoms with van der Waals surface area (Å²) in [4.78, 5) is 10.2. The highest BCUT2D eigenvalue weighted by atomic mass is 16.5. The van der Waals surface area contributed by atoms with E-state index in [1.165, 1.54) is 21.9 Å². The van der Waals surface area contributed by atoms with Crippen molar-refractivity contribution in [1.29, 1.82) is 0 Å². The van der Waals surface area contributed by atoms with Gasteiger partial charge in [0.25, 0.3) is 0 Å². The number of piperazine rings is 1. The van der Waals surface area contributed by atoms with Gasteiger partial charge in [-0.1, -0.05) is 43.3 Å². The summed E-state index contributed by atoms with van der Waals surface area (Å²) in [6, 6.07) is 17.2. The molecule has 2 aromatic carbocycles. The Balaban J connectivity index is 1.53. The van der Waals surface area contributed by atoms with Crippen molar-refractivity contribution in [3.8, 4) is 5.75 Å². The van der Waals surface area contributed by atoms with E-state index in [-0.39, 0.29) is 12.5 Å². The van der Waals surface area contributed by atoms with Crippen LogP contribution in [0.1, 0.15) is 36.1 Å². The molecule has 1 N–H and O–H groups in total. The number of aliphatic hydroxyl groups excluding tert-OH is 1. The number of pyridine rings is 1. The molecule has 1 aliphatic carbocycles. The van der Waals surface area contributed by atoms with Gasteiger partial charge in [0, 0.05) is 37.5 Å². The summed E-state index contributed by atoms with van der Waals surface area (Å²) in [5, 5.41) is 11.7. The van der Waals surface area contributed by atoms with E-state index in [2.05, 4.69) is 59.2 Å². The Morgan fingerprint density at radius 1 is 1.06 bits per heavy atom. The van der Waals surface area contributed by atoms with Gasteiger partial charge in [-0.3, -0.25) is 0 Å². The third kappa shape index (κ3) is 3.88. The fraction of sp³-hybridized carbons (Fsp3) is 0.423. The van der Waals surface area contributed by atoms with E-state index in [9.17, 15) is 0 Å². The van der Waals surface area contributed by atoms with Crippen LogP contribution in [0.3, 0.4) is 0 Å². The van der Waals surface area contributed by atoms with Crippen LogP contribution in [0.2, 0.25) is 0 Å². The molecular formula is C26H31N3O2. The molecule has 5 nitrogen and oxygen atoms in total. The number of fused-ring (bicyclic) bond motifs is 2. The first-order chi connectivity index (χ1) is 15.3. The third-order valence-corrected chi connectivity index (χ3v) is 6.79. The van der Waals surface area contributed by atoms with Crippen LogP contribution in [-0.2, 0) is 6.42 Å². The highest BCUT2D eigenvalue weighted by molar-refractivity contribution is 5.92. The van der Waals surface area contributed by atoms with Crippen molar-refractivity contribution in [2.45, 2.75) is 25.7 Å². The second kappa shape index (κ2) is 8.85. The van der Waals surface area contributed by atoms with Crippen LogP contribution in [0.5, 0.6) is 5.75 Å². The van der Waals surface area contributed by atoms with Crippen molar-refractivity contribution >= 4 is 16.6 Å². The molecule has 2 aliphatic rings. The lowest BCUT2D eigenvalue weighted by Gasteiger charge is -2.35. The Hall–Kier alpha value is -2.63. The van der Waals surface area contributed by atoms with Crippen molar-refractivity contribution < 1.29 is 9.84 Å². The highest BCUT2D eigenvalue weighted by Gasteiger charge is 2.29. The summed E-state index contributed by atoms with van der Waals surface area (Å²) >= 11 is 0. The molecule has 0 bridgehead atoms. The van der Waals surface area contributed by atoms with Crippen LogP contribution < -0.4 is 9.64 Å². The number of aliphatic hydroxyl groups is 1. The normalized spacial score (nSPS) is 19.0. The topological polar surface area (TPSA) is 48.8 Å². The minimum absolute atomic E-state index is 0.0357. The van der Waals surface area contributed by atoms with E-state index in [4.69, 9.17) is 14.8 Å². The third-order valence-electron chi connectivity index (χ3n) is 6.79. The van der Waals surface area contributed by atoms with Crippen molar-refractivity contribution in [3.63, 3.8) is 0 Å². The SMILES string of the molecule is CCN1CCN(c2nc(C3CCc4c(OCCO)cccc43)cc3ccccc23)CC1. The van der Waals surface area contributed by atoms with Crippen molar-refractivity contribution in [2.75, 3.05) is 50.8 Å². The summed E-state index contributed by atoms with van der Waals surface area (Å²) in [7, 11) is 0. The van der Waals surface area contributed by atoms with Gasteiger partial charge < -0.3 is 19.6 Å². The van der Waals surface area contributed by atoms with E-state index < -0.39 is 0 Å². The molecule has 1 aliphatic heterocycles. The second-order valence-electron chi connectivity index (χ2n) is 8.50. The molecule has 1 atom stereocenters. The standard InChI is InChI=1S/C26H31N3O2/c1-2-28-12-14-29(15-13-28)26-20-7-4-3-6-19(20)18-24(27-26)22-10-11-23-21(22)8-5-9-25(23)31-17-16-30/h3-9,18,22,30H,2,10-17H2,1H3. The molecule has 5 heteroatoms. The minimum atomic E-state index is 0.0357. The van der Waals surface area contributed by atoms with Gasteiger partial charge in [0.05, 0.1) is 12.3 Å². The summed E-state index contributed by atoms with van der Waals surface area (Å²) < 4.78 is 5.81. The van der Waals surface area contributed by atoms with E-state index in [0.29, 0.717) is 6.61 Å². The molecule has 3 aromatic rings. The first kappa shape index (κ1) is 20.3. The first-order valence-corrected chi connectivity index (χ1v) is 11.5. The van der Waals surface area contributed by atoms with Gasteiger partial charge in [-0.25, -0.2) is 4.98 Å². The Morgan fingerprint density at radius 3 is 2.71 bits per heavy atom. The zero-order chi connectivity index (χ0) is 21.2. The van der Waals surface area contributed by atoms with Crippen molar-refractivity contribution in [1.82, 2.24) is 9.88 Å². The molecule has 0 saturated carbocycles. The van der Waals surface area contributed by atoms with Gasteiger partial charge in [0.2, 0.25) is 0 Å². The summed E-state index contributed by atoms with van der Waals surface area (Å²) in [6.45, 7) is 7.95. The minimum Gasteiger partial charge on any atom is -0.491 e. The number of likely N-dealkylation sites (N-methyl/N-ethyl adjacent to an activating group) is 1. The van der Waals surface area contributed by atoms with Crippen molar-refractivity contribution in [2.24, 2.45) is 0 Å². The predicted molar refractivity (Wildman–Crippen MR) is 125 cm³/mol. The lowest BCUT2D eigenvalue weighted by atomic mass is 9.95. The van der Waals surface area contributed by atoms with Gasteiger partial charge in [0.1, 0.15) is 18.2 Å². The average molecular weight is 418 g/mol. The number of aromatic nitrogens is 1. The Labute approximate surface area is 184 Å². The van der Waals surface area contributed by atoms with E-state index in [1.54, 1.807) is 0 Å². The number of anilines is 1. The molecule has 1 fully saturated rings. The summed E-state index contributed by atoms with van der Waals surface area (Å²) in [5.74, 6) is 2.32. The van der Waals surface area contributed by atoms with Crippen LogP contribution in [0, 0.1) is 0 Å². The predicted octanol–water partition coefficient (Wildman–Crippen LogP) is 3.83. The number of ether oxygens (including phenoxy) is 1. The molecule has 0 spiro atoms. The molecule has 0 radical (unpaired) electrons. The second-order valence-corrected chi connectivity index (χ2v) is 8.50. The van der Waals surface area contributed by atoms with E-state index in [1.807, 2.05) is 6.07 Å². The average Bonchev–Trinajstić information content (AvgIpc) is 3.27. The number of hydrogen-bond acceptors (Lipinski definition) is 5. The van der Waals surface area contributed by atoms with Crippen LogP contribution in [0.25, 0.3) is 10.8 Å². The molecule has 1 aromatic heterocycles. The zero-order valence-electron chi connectivity index (χ0n) is 18.3.